The van der Waals surface area contributed by atoms with Gasteiger partial charge in [0.25, 0.3) is 5.56 Å². The van der Waals surface area contributed by atoms with Crippen molar-refractivity contribution in [1.82, 2.24) is 19.6 Å². The van der Waals surface area contributed by atoms with Crippen LogP contribution in [0.5, 0.6) is 0 Å². The zero-order chi connectivity index (χ0) is 16.5. The molecule has 24 heavy (non-hydrogen) atoms. The SMILES string of the molecule is O=c1[nH]c(/C(Cl)=C\c2csnn2)nc2sc(-c3ccccc3)cc12. The van der Waals surface area contributed by atoms with Crippen LogP contribution in [0.3, 0.4) is 0 Å². The Balaban J connectivity index is 1.81. The van der Waals surface area contributed by atoms with Gasteiger partial charge in [-0.3, -0.25) is 4.79 Å². The predicted molar refractivity (Wildman–Crippen MR) is 99.3 cm³/mol. The maximum atomic E-state index is 12.4. The molecule has 4 aromatic rings. The minimum Gasteiger partial charge on any atom is -0.305 e. The van der Waals surface area contributed by atoms with E-state index in [9.17, 15) is 4.79 Å². The molecule has 0 atom stereocenters. The minimum absolute atomic E-state index is 0.212. The molecule has 0 radical (unpaired) electrons. The third-order valence-electron chi connectivity index (χ3n) is 3.34. The van der Waals surface area contributed by atoms with Crippen LogP contribution in [0.1, 0.15) is 11.5 Å². The monoisotopic (exact) mass is 372 g/mol. The second-order valence-electron chi connectivity index (χ2n) is 4.93. The van der Waals surface area contributed by atoms with Crippen LogP contribution in [0.2, 0.25) is 0 Å². The van der Waals surface area contributed by atoms with Crippen molar-refractivity contribution in [2.24, 2.45) is 0 Å². The zero-order valence-electron chi connectivity index (χ0n) is 12.1. The normalized spacial score (nSPS) is 12.0. The van der Waals surface area contributed by atoms with Crippen molar-refractivity contribution in [3.8, 4) is 10.4 Å². The van der Waals surface area contributed by atoms with Crippen LogP contribution in [0.25, 0.3) is 31.8 Å². The van der Waals surface area contributed by atoms with Crippen LogP contribution < -0.4 is 5.56 Å². The molecule has 3 heterocycles. The molecule has 3 aromatic heterocycles. The van der Waals surface area contributed by atoms with E-state index in [0.717, 1.165) is 10.4 Å². The number of nitrogens with zero attached hydrogens (tertiary/aromatic N) is 3. The number of fused-ring (bicyclic) bond motifs is 1. The fourth-order valence-corrected chi connectivity index (χ4v) is 3.87. The number of thiophene rings is 1. The number of halogens is 1. The first kappa shape index (κ1) is 15.2. The predicted octanol–water partition coefficient (Wildman–Crippen LogP) is 4.24. The third-order valence-corrected chi connectivity index (χ3v) is 5.23. The molecular formula is C16H9ClN4OS2. The van der Waals surface area contributed by atoms with E-state index >= 15 is 0 Å². The summed E-state index contributed by atoms with van der Waals surface area (Å²) in [7, 11) is 0. The van der Waals surface area contributed by atoms with Gasteiger partial charge in [0.05, 0.1) is 16.1 Å². The number of aromatic amines is 1. The summed E-state index contributed by atoms with van der Waals surface area (Å²) >= 11 is 8.95. The molecule has 0 aliphatic rings. The van der Waals surface area contributed by atoms with E-state index in [-0.39, 0.29) is 5.56 Å². The summed E-state index contributed by atoms with van der Waals surface area (Å²) in [5, 5.41) is 6.54. The molecular weight excluding hydrogens is 364 g/mol. The molecule has 0 aliphatic carbocycles. The number of aromatic nitrogens is 4. The van der Waals surface area contributed by atoms with E-state index in [4.69, 9.17) is 11.6 Å². The maximum absolute atomic E-state index is 12.4. The van der Waals surface area contributed by atoms with Gasteiger partial charge < -0.3 is 4.98 Å². The molecule has 0 unspecified atom stereocenters. The van der Waals surface area contributed by atoms with Gasteiger partial charge in [-0.1, -0.05) is 46.4 Å². The smallest absolute Gasteiger partial charge is 0.259 e. The highest BCUT2D eigenvalue weighted by Crippen LogP contribution is 2.31. The number of hydrogen-bond donors (Lipinski definition) is 1. The number of benzene rings is 1. The van der Waals surface area contributed by atoms with Gasteiger partial charge in [0.2, 0.25) is 0 Å². The summed E-state index contributed by atoms with van der Waals surface area (Å²) in [5.41, 5.74) is 1.47. The largest absolute Gasteiger partial charge is 0.305 e. The topological polar surface area (TPSA) is 71.5 Å². The lowest BCUT2D eigenvalue weighted by Crippen LogP contribution is -2.09. The van der Waals surface area contributed by atoms with Gasteiger partial charge >= 0.3 is 0 Å². The Labute approximate surface area is 149 Å². The lowest BCUT2D eigenvalue weighted by molar-refractivity contribution is 1.13. The van der Waals surface area contributed by atoms with Crippen LogP contribution in [0.15, 0.2) is 46.6 Å². The fourth-order valence-electron chi connectivity index (χ4n) is 2.22. The quantitative estimate of drug-likeness (QED) is 0.583. The van der Waals surface area contributed by atoms with Crippen molar-refractivity contribution in [3.63, 3.8) is 0 Å². The second-order valence-corrected chi connectivity index (χ2v) is 6.98. The zero-order valence-corrected chi connectivity index (χ0v) is 14.5. The summed E-state index contributed by atoms with van der Waals surface area (Å²) in [6.07, 6.45) is 1.63. The van der Waals surface area contributed by atoms with Crippen molar-refractivity contribution < 1.29 is 0 Å². The first-order chi connectivity index (χ1) is 11.7. The molecule has 1 N–H and O–H groups in total. The standard InChI is InChI=1S/C16H9ClN4OS2/c17-12(6-10-8-23-21-20-10)14-18-15(22)11-7-13(24-16(11)19-14)9-4-2-1-3-5-9/h1-8H,(H,18,19,22)/b12-6+. The Kier molecular flexibility index (Phi) is 3.97. The van der Waals surface area contributed by atoms with Gasteiger partial charge in [-0.25, -0.2) is 4.98 Å². The van der Waals surface area contributed by atoms with Crippen LogP contribution in [0.4, 0.5) is 0 Å². The molecule has 118 valence electrons. The van der Waals surface area contributed by atoms with Gasteiger partial charge in [0, 0.05) is 10.3 Å². The Morgan fingerprint density at radius 1 is 1.25 bits per heavy atom. The fraction of sp³-hybridized carbons (Fsp3) is 0. The Morgan fingerprint density at radius 2 is 2.08 bits per heavy atom. The number of H-pyrrole nitrogens is 1. The van der Waals surface area contributed by atoms with Gasteiger partial charge in [-0.15, -0.1) is 16.4 Å². The van der Waals surface area contributed by atoms with E-state index in [2.05, 4.69) is 19.6 Å². The lowest BCUT2D eigenvalue weighted by atomic mass is 10.2. The van der Waals surface area contributed by atoms with Crippen molar-refractivity contribution in [2.75, 3.05) is 0 Å². The van der Waals surface area contributed by atoms with Gasteiger partial charge in [-0.2, -0.15) is 0 Å². The molecule has 0 saturated carbocycles. The van der Waals surface area contributed by atoms with Crippen LogP contribution in [-0.2, 0) is 0 Å². The highest BCUT2D eigenvalue weighted by molar-refractivity contribution is 7.21. The highest BCUT2D eigenvalue weighted by Gasteiger charge is 2.12. The van der Waals surface area contributed by atoms with Gasteiger partial charge in [0.1, 0.15) is 4.83 Å². The Hall–Kier alpha value is -2.35. The summed E-state index contributed by atoms with van der Waals surface area (Å²) in [5.74, 6) is 0.323. The Bertz CT molecular complexity index is 1080. The molecule has 8 heteroatoms. The average Bonchev–Trinajstić information content (AvgIpc) is 3.25. The van der Waals surface area contributed by atoms with Crippen molar-refractivity contribution in [3.05, 3.63) is 63.7 Å². The number of nitrogens with one attached hydrogen (secondary N) is 1. The van der Waals surface area contributed by atoms with Crippen molar-refractivity contribution >= 4 is 55.8 Å². The molecule has 0 spiro atoms. The molecule has 0 amide bonds. The Morgan fingerprint density at radius 3 is 2.83 bits per heavy atom. The van der Waals surface area contributed by atoms with Gasteiger partial charge in [-0.05, 0) is 29.2 Å². The van der Waals surface area contributed by atoms with Crippen LogP contribution >= 0.6 is 34.5 Å². The molecule has 1 aromatic carbocycles. The van der Waals surface area contributed by atoms with E-state index in [1.165, 1.54) is 22.9 Å². The summed E-state index contributed by atoms with van der Waals surface area (Å²) in [6, 6.07) is 11.7. The second kappa shape index (κ2) is 6.27. The molecule has 5 nitrogen and oxygen atoms in total. The van der Waals surface area contributed by atoms with E-state index in [1.807, 2.05) is 36.4 Å². The van der Waals surface area contributed by atoms with Crippen molar-refractivity contribution in [1.29, 1.82) is 0 Å². The highest BCUT2D eigenvalue weighted by atomic mass is 35.5. The van der Waals surface area contributed by atoms with E-state index in [1.54, 1.807) is 11.5 Å². The van der Waals surface area contributed by atoms with Crippen LogP contribution in [-0.4, -0.2) is 19.6 Å². The molecule has 0 fully saturated rings. The molecule has 4 rings (SSSR count). The summed E-state index contributed by atoms with van der Waals surface area (Å²) < 4.78 is 3.77. The molecule has 0 saturated heterocycles. The third kappa shape index (κ3) is 2.89. The number of hydrogen-bond acceptors (Lipinski definition) is 6. The first-order valence-electron chi connectivity index (χ1n) is 6.94. The summed E-state index contributed by atoms with van der Waals surface area (Å²) in [6.45, 7) is 0. The molecule has 0 aliphatic heterocycles. The van der Waals surface area contributed by atoms with E-state index < -0.39 is 0 Å². The lowest BCUT2D eigenvalue weighted by Gasteiger charge is -1.98. The maximum Gasteiger partial charge on any atom is 0.259 e. The van der Waals surface area contributed by atoms with Crippen LogP contribution in [0, 0.1) is 0 Å². The summed E-state index contributed by atoms with van der Waals surface area (Å²) in [4.78, 5) is 21.2. The first-order valence-corrected chi connectivity index (χ1v) is 8.98. The minimum atomic E-state index is -0.212. The number of rotatable bonds is 3. The average molecular weight is 373 g/mol. The van der Waals surface area contributed by atoms with E-state index in [0.29, 0.717) is 26.8 Å². The van der Waals surface area contributed by atoms with Crippen molar-refractivity contribution in [2.45, 2.75) is 0 Å². The molecule has 0 bridgehead atoms. The van der Waals surface area contributed by atoms with Gasteiger partial charge in [0.15, 0.2) is 5.82 Å².